The highest BCUT2D eigenvalue weighted by atomic mass is 19.1. The number of hydrogen-bond donors (Lipinski definition) is 0. The van der Waals surface area contributed by atoms with Gasteiger partial charge in [0.25, 0.3) is 0 Å². The molecule has 0 N–H and O–H groups in total. The summed E-state index contributed by atoms with van der Waals surface area (Å²) in [6.45, 7) is 2.95. The van der Waals surface area contributed by atoms with Crippen molar-refractivity contribution in [1.82, 2.24) is 4.90 Å². The number of fused-ring (bicyclic) bond motifs is 2. The third-order valence-electron chi connectivity index (χ3n) is 6.21. The number of alkyl halides is 1. The maximum atomic E-state index is 13.3. The van der Waals surface area contributed by atoms with Crippen LogP contribution >= 0.6 is 0 Å². The Morgan fingerprint density at radius 1 is 1.19 bits per heavy atom. The van der Waals surface area contributed by atoms with E-state index in [9.17, 15) is 4.39 Å². The van der Waals surface area contributed by atoms with Gasteiger partial charge >= 0.3 is 0 Å². The molecule has 0 aromatic heterocycles. The molecule has 0 spiro atoms. The standard InChI is InChI=1S/C22H31FN2O2/c1-24-19-7-4-3-6-16(19)12-17-13-21(26-2)22(14-20(17)24)27-11-5-9-25-10-8-18(23)15-25/h12-14,18-19H,3-11,15H2,1-2H3. The normalized spacial score (nSPS) is 25.0. The van der Waals surface area contributed by atoms with Crippen LogP contribution in [0.1, 0.15) is 44.1 Å². The van der Waals surface area contributed by atoms with Crippen molar-refractivity contribution < 1.29 is 13.9 Å². The zero-order valence-corrected chi connectivity index (χ0v) is 16.5. The van der Waals surface area contributed by atoms with Gasteiger partial charge in [-0.2, -0.15) is 0 Å². The van der Waals surface area contributed by atoms with Gasteiger partial charge in [0.05, 0.1) is 19.8 Å². The Morgan fingerprint density at radius 3 is 2.85 bits per heavy atom. The first-order valence-corrected chi connectivity index (χ1v) is 10.3. The summed E-state index contributed by atoms with van der Waals surface area (Å²) in [6, 6.07) is 4.76. The van der Waals surface area contributed by atoms with Crippen LogP contribution in [-0.2, 0) is 0 Å². The Balaban J connectivity index is 1.44. The number of likely N-dealkylation sites (tertiary alicyclic amines) is 1. The van der Waals surface area contributed by atoms with Crippen molar-refractivity contribution >= 4 is 11.8 Å². The molecule has 27 heavy (non-hydrogen) atoms. The van der Waals surface area contributed by atoms with Crippen LogP contribution in [-0.4, -0.2) is 57.5 Å². The molecule has 2 heterocycles. The van der Waals surface area contributed by atoms with Gasteiger partial charge in [-0.3, -0.25) is 0 Å². The number of rotatable bonds is 6. The van der Waals surface area contributed by atoms with Crippen molar-refractivity contribution in [3.8, 4) is 11.5 Å². The second-order valence-corrected chi connectivity index (χ2v) is 8.04. The lowest BCUT2D eigenvalue weighted by Crippen LogP contribution is -2.37. The fourth-order valence-corrected chi connectivity index (χ4v) is 4.71. The van der Waals surface area contributed by atoms with Gasteiger partial charge in [-0.1, -0.05) is 12.5 Å². The van der Waals surface area contributed by atoms with Crippen molar-refractivity contribution in [1.29, 1.82) is 0 Å². The number of ether oxygens (including phenoxy) is 2. The summed E-state index contributed by atoms with van der Waals surface area (Å²) in [4.78, 5) is 4.59. The van der Waals surface area contributed by atoms with Crippen LogP contribution in [0.3, 0.4) is 0 Å². The first-order valence-electron chi connectivity index (χ1n) is 10.3. The lowest BCUT2D eigenvalue weighted by Gasteiger charge is -2.39. The molecule has 2 fully saturated rings. The maximum Gasteiger partial charge on any atom is 0.163 e. The maximum absolute atomic E-state index is 13.3. The fourth-order valence-electron chi connectivity index (χ4n) is 4.71. The van der Waals surface area contributed by atoms with E-state index in [1.54, 1.807) is 12.7 Å². The minimum absolute atomic E-state index is 0.524. The van der Waals surface area contributed by atoms with Crippen LogP contribution in [0, 0.1) is 0 Å². The predicted octanol–water partition coefficient (Wildman–Crippen LogP) is 4.28. The molecule has 1 saturated heterocycles. The Labute approximate surface area is 161 Å². The molecule has 2 unspecified atom stereocenters. The molecule has 2 atom stereocenters. The fraction of sp³-hybridized carbons (Fsp3) is 0.636. The Bertz CT molecular complexity index is 706. The lowest BCUT2D eigenvalue weighted by molar-refractivity contribution is 0.242. The van der Waals surface area contributed by atoms with E-state index in [0.717, 1.165) is 31.0 Å². The highest BCUT2D eigenvalue weighted by Crippen LogP contribution is 2.43. The largest absolute Gasteiger partial charge is 0.493 e. The summed E-state index contributed by atoms with van der Waals surface area (Å²) in [5, 5.41) is 0. The van der Waals surface area contributed by atoms with E-state index in [4.69, 9.17) is 9.47 Å². The van der Waals surface area contributed by atoms with Crippen LogP contribution in [0.2, 0.25) is 0 Å². The molecule has 1 aliphatic carbocycles. The monoisotopic (exact) mass is 374 g/mol. The van der Waals surface area contributed by atoms with E-state index in [-0.39, 0.29) is 0 Å². The van der Waals surface area contributed by atoms with Crippen molar-refractivity contribution in [2.24, 2.45) is 0 Å². The summed E-state index contributed by atoms with van der Waals surface area (Å²) < 4.78 is 24.9. The molecule has 1 saturated carbocycles. The van der Waals surface area contributed by atoms with Crippen LogP contribution in [0.25, 0.3) is 6.08 Å². The molecular formula is C22H31FN2O2. The van der Waals surface area contributed by atoms with Crippen molar-refractivity contribution in [3.05, 3.63) is 23.3 Å². The van der Waals surface area contributed by atoms with E-state index in [2.05, 4.69) is 35.1 Å². The van der Waals surface area contributed by atoms with Crippen LogP contribution in [0.15, 0.2) is 17.7 Å². The molecule has 0 radical (unpaired) electrons. The van der Waals surface area contributed by atoms with E-state index < -0.39 is 6.17 Å². The third kappa shape index (κ3) is 3.93. The number of nitrogens with zero attached hydrogens (tertiary/aromatic N) is 2. The van der Waals surface area contributed by atoms with Gasteiger partial charge in [0.1, 0.15) is 6.17 Å². The van der Waals surface area contributed by atoms with Crippen LogP contribution < -0.4 is 14.4 Å². The van der Waals surface area contributed by atoms with Gasteiger partial charge < -0.3 is 19.3 Å². The summed E-state index contributed by atoms with van der Waals surface area (Å²) in [6.07, 6.45) is 8.30. The van der Waals surface area contributed by atoms with Gasteiger partial charge in [-0.25, -0.2) is 4.39 Å². The van der Waals surface area contributed by atoms with E-state index in [0.29, 0.717) is 25.6 Å². The number of hydrogen-bond acceptors (Lipinski definition) is 4. The van der Waals surface area contributed by atoms with Crippen molar-refractivity contribution in [2.45, 2.75) is 50.7 Å². The molecule has 2 aliphatic heterocycles. The lowest BCUT2D eigenvalue weighted by atomic mass is 9.84. The summed E-state index contributed by atoms with van der Waals surface area (Å²) in [7, 11) is 3.89. The quantitative estimate of drug-likeness (QED) is 0.694. The number of halogens is 1. The minimum atomic E-state index is -0.653. The van der Waals surface area contributed by atoms with Gasteiger partial charge in [-0.15, -0.1) is 0 Å². The minimum Gasteiger partial charge on any atom is -0.493 e. The molecule has 148 valence electrons. The predicted molar refractivity (Wildman–Crippen MR) is 108 cm³/mol. The van der Waals surface area contributed by atoms with Gasteiger partial charge in [0.15, 0.2) is 11.5 Å². The highest BCUT2D eigenvalue weighted by molar-refractivity contribution is 5.77. The number of benzene rings is 1. The zero-order valence-electron chi connectivity index (χ0n) is 16.5. The molecule has 3 aliphatic rings. The van der Waals surface area contributed by atoms with Gasteiger partial charge in [0, 0.05) is 44.0 Å². The second-order valence-electron chi connectivity index (χ2n) is 8.04. The van der Waals surface area contributed by atoms with E-state index in [1.165, 1.54) is 36.9 Å². The molecule has 0 amide bonds. The number of likely N-dealkylation sites (N-methyl/N-ethyl adjacent to an activating group) is 1. The van der Waals surface area contributed by atoms with Gasteiger partial charge in [-0.05, 0) is 43.7 Å². The third-order valence-corrected chi connectivity index (χ3v) is 6.21. The SMILES string of the molecule is COc1cc2c(cc1OCCCN1CCC(F)C1)N(C)C1CCCCC1=C2. The molecule has 4 rings (SSSR count). The van der Waals surface area contributed by atoms with E-state index >= 15 is 0 Å². The van der Waals surface area contributed by atoms with E-state index in [1.807, 2.05) is 0 Å². The first kappa shape index (κ1) is 18.6. The summed E-state index contributed by atoms with van der Waals surface area (Å²) in [5.74, 6) is 1.60. The van der Waals surface area contributed by atoms with Crippen molar-refractivity contribution in [3.63, 3.8) is 0 Å². The van der Waals surface area contributed by atoms with Crippen molar-refractivity contribution in [2.75, 3.05) is 45.3 Å². The number of anilines is 1. The molecule has 0 bridgehead atoms. The first-order chi connectivity index (χ1) is 13.2. The topological polar surface area (TPSA) is 24.9 Å². The van der Waals surface area contributed by atoms with Crippen LogP contribution in [0.5, 0.6) is 11.5 Å². The highest BCUT2D eigenvalue weighted by Gasteiger charge is 2.29. The zero-order chi connectivity index (χ0) is 18.8. The van der Waals surface area contributed by atoms with Gasteiger partial charge in [0.2, 0.25) is 0 Å². The average molecular weight is 375 g/mol. The Morgan fingerprint density at radius 2 is 2.07 bits per heavy atom. The Kier molecular flexibility index (Phi) is 5.58. The number of methoxy groups -OCH3 is 1. The summed E-state index contributed by atoms with van der Waals surface area (Å²) >= 11 is 0. The molecular weight excluding hydrogens is 343 g/mol. The Hall–Kier alpha value is -1.75. The molecule has 5 heteroatoms. The smallest absolute Gasteiger partial charge is 0.163 e. The van der Waals surface area contributed by atoms with Crippen LogP contribution in [0.4, 0.5) is 10.1 Å². The average Bonchev–Trinajstić information content (AvgIpc) is 3.10. The molecule has 1 aromatic rings. The molecule has 4 nitrogen and oxygen atoms in total. The summed E-state index contributed by atoms with van der Waals surface area (Å²) in [5.41, 5.74) is 3.99. The molecule has 1 aromatic carbocycles. The second kappa shape index (κ2) is 8.09.